The highest BCUT2D eigenvalue weighted by Crippen LogP contribution is 2.40. The fourth-order valence-corrected chi connectivity index (χ4v) is 2.97. The number of benzene rings is 2. The number of aromatic hydroxyl groups is 2. The fraction of sp³-hybridized carbons (Fsp3) is 0.111. The maximum absolute atomic E-state index is 12.2. The summed E-state index contributed by atoms with van der Waals surface area (Å²) in [6.07, 6.45) is 0. The van der Waals surface area contributed by atoms with E-state index in [1.165, 1.54) is 19.2 Å². The van der Waals surface area contributed by atoms with Gasteiger partial charge in [-0.05, 0) is 29.8 Å². The molecule has 1 aromatic heterocycles. The molecule has 6 nitrogen and oxygen atoms in total. The molecule has 0 amide bonds. The van der Waals surface area contributed by atoms with Crippen LogP contribution in [0.1, 0.15) is 16.1 Å². The number of aromatic nitrogens is 1. The third kappa shape index (κ3) is 2.04. The summed E-state index contributed by atoms with van der Waals surface area (Å²) < 4.78 is 10.3. The first-order chi connectivity index (χ1) is 11.6. The van der Waals surface area contributed by atoms with Crippen LogP contribution in [-0.4, -0.2) is 28.3 Å². The molecule has 0 radical (unpaired) electrons. The summed E-state index contributed by atoms with van der Waals surface area (Å²) in [5.41, 5.74) is 2.84. The van der Waals surface area contributed by atoms with Crippen LogP contribution in [0.25, 0.3) is 22.0 Å². The molecule has 2 N–H and O–H groups in total. The van der Waals surface area contributed by atoms with Gasteiger partial charge in [0.2, 0.25) is 0 Å². The molecule has 24 heavy (non-hydrogen) atoms. The second kappa shape index (κ2) is 5.13. The van der Waals surface area contributed by atoms with E-state index in [-0.39, 0.29) is 18.1 Å². The molecule has 2 heterocycles. The molecule has 0 aliphatic carbocycles. The van der Waals surface area contributed by atoms with E-state index in [1.54, 1.807) is 24.3 Å². The maximum atomic E-state index is 12.2. The Morgan fingerprint density at radius 1 is 1.12 bits per heavy atom. The van der Waals surface area contributed by atoms with Gasteiger partial charge in [0, 0.05) is 17.0 Å². The Balaban J connectivity index is 2.10. The van der Waals surface area contributed by atoms with Crippen molar-refractivity contribution in [2.75, 3.05) is 7.11 Å². The number of fused-ring (bicyclic) bond motifs is 2. The minimum Gasteiger partial charge on any atom is -0.508 e. The molecule has 0 fully saturated rings. The van der Waals surface area contributed by atoms with Gasteiger partial charge in [-0.1, -0.05) is 6.07 Å². The zero-order chi connectivity index (χ0) is 16.8. The normalized spacial score (nSPS) is 13.0. The standard InChI is InChI=1S/C18H13NO5/c1-23-15-6-9(2-5-14(15)21)16-11-4-3-10(20)7-12(11)19-13-8-24-18(22)17(13)16/h2-7,20-21H,8H2,1H3. The quantitative estimate of drug-likeness (QED) is 0.705. The van der Waals surface area contributed by atoms with Gasteiger partial charge in [0.1, 0.15) is 12.4 Å². The fourth-order valence-electron chi connectivity index (χ4n) is 2.97. The number of nitrogens with zero attached hydrogens (tertiary/aromatic N) is 1. The van der Waals surface area contributed by atoms with E-state index >= 15 is 0 Å². The lowest BCUT2D eigenvalue weighted by atomic mass is 9.94. The minimum absolute atomic E-state index is 0.0106. The molecule has 1 aliphatic heterocycles. The SMILES string of the molecule is COc1cc(-c2c3c(nc4cc(O)ccc24)COC3=O)ccc1O. The first-order valence-electron chi connectivity index (χ1n) is 7.28. The van der Waals surface area contributed by atoms with Crippen LogP contribution in [0.15, 0.2) is 36.4 Å². The van der Waals surface area contributed by atoms with E-state index in [0.717, 1.165) is 0 Å². The van der Waals surface area contributed by atoms with Crippen molar-refractivity contribution in [3.05, 3.63) is 47.7 Å². The van der Waals surface area contributed by atoms with Crippen molar-refractivity contribution in [2.24, 2.45) is 0 Å². The van der Waals surface area contributed by atoms with E-state index in [4.69, 9.17) is 9.47 Å². The van der Waals surface area contributed by atoms with Gasteiger partial charge < -0.3 is 19.7 Å². The number of cyclic esters (lactones) is 1. The van der Waals surface area contributed by atoms with E-state index in [2.05, 4.69) is 4.98 Å². The summed E-state index contributed by atoms with van der Waals surface area (Å²) in [5, 5.41) is 20.2. The molecule has 4 rings (SSSR count). The summed E-state index contributed by atoms with van der Waals surface area (Å²) in [7, 11) is 1.46. The average molecular weight is 323 g/mol. The number of phenolic OH excluding ortho intramolecular Hbond substituents is 2. The van der Waals surface area contributed by atoms with Crippen LogP contribution in [-0.2, 0) is 11.3 Å². The number of rotatable bonds is 2. The number of hydrogen-bond acceptors (Lipinski definition) is 6. The van der Waals surface area contributed by atoms with Crippen molar-refractivity contribution in [3.8, 4) is 28.4 Å². The van der Waals surface area contributed by atoms with Gasteiger partial charge in [0.15, 0.2) is 11.5 Å². The molecule has 2 aromatic carbocycles. The highest BCUT2D eigenvalue weighted by molar-refractivity contribution is 6.09. The van der Waals surface area contributed by atoms with Gasteiger partial charge in [-0.3, -0.25) is 0 Å². The molecule has 0 atom stereocenters. The Bertz CT molecular complexity index is 996. The molecular formula is C18H13NO5. The predicted molar refractivity (Wildman–Crippen MR) is 86.2 cm³/mol. The Labute approximate surface area is 136 Å². The van der Waals surface area contributed by atoms with Gasteiger partial charge in [0.05, 0.1) is 23.9 Å². The maximum Gasteiger partial charge on any atom is 0.341 e. The molecular weight excluding hydrogens is 310 g/mol. The highest BCUT2D eigenvalue weighted by Gasteiger charge is 2.29. The number of hydrogen-bond donors (Lipinski definition) is 2. The summed E-state index contributed by atoms with van der Waals surface area (Å²) in [4.78, 5) is 16.6. The number of methoxy groups -OCH3 is 1. The second-order valence-corrected chi connectivity index (χ2v) is 5.47. The van der Waals surface area contributed by atoms with Crippen LogP contribution < -0.4 is 4.74 Å². The molecule has 3 aromatic rings. The molecule has 0 saturated heterocycles. The smallest absolute Gasteiger partial charge is 0.341 e. The van der Waals surface area contributed by atoms with Gasteiger partial charge in [-0.15, -0.1) is 0 Å². The van der Waals surface area contributed by atoms with Crippen LogP contribution in [0.4, 0.5) is 0 Å². The first-order valence-corrected chi connectivity index (χ1v) is 7.28. The monoisotopic (exact) mass is 323 g/mol. The van der Waals surface area contributed by atoms with Crippen molar-refractivity contribution in [1.29, 1.82) is 0 Å². The number of carbonyl (C=O) groups is 1. The van der Waals surface area contributed by atoms with Crippen molar-refractivity contribution in [2.45, 2.75) is 6.61 Å². The third-order valence-electron chi connectivity index (χ3n) is 4.06. The van der Waals surface area contributed by atoms with Crippen LogP contribution >= 0.6 is 0 Å². The van der Waals surface area contributed by atoms with Gasteiger partial charge in [-0.2, -0.15) is 0 Å². The summed E-state index contributed by atoms with van der Waals surface area (Å²) in [6.45, 7) is 0.0992. The Morgan fingerprint density at radius 2 is 1.96 bits per heavy atom. The van der Waals surface area contributed by atoms with Gasteiger partial charge in [-0.25, -0.2) is 9.78 Å². The van der Waals surface area contributed by atoms with Crippen molar-refractivity contribution in [1.82, 2.24) is 4.98 Å². The Kier molecular flexibility index (Phi) is 3.06. The lowest BCUT2D eigenvalue weighted by Crippen LogP contribution is -2.00. The topological polar surface area (TPSA) is 88.9 Å². The third-order valence-corrected chi connectivity index (χ3v) is 4.06. The first kappa shape index (κ1) is 14.3. The second-order valence-electron chi connectivity index (χ2n) is 5.47. The molecule has 1 aliphatic rings. The van der Waals surface area contributed by atoms with E-state index < -0.39 is 5.97 Å². The lowest BCUT2D eigenvalue weighted by Gasteiger charge is -2.12. The summed E-state index contributed by atoms with van der Waals surface area (Å²) in [6, 6.07) is 9.65. The zero-order valence-corrected chi connectivity index (χ0v) is 12.7. The number of esters is 1. The molecule has 0 spiro atoms. The number of ether oxygens (including phenoxy) is 2. The minimum atomic E-state index is -0.436. The Morgan fingerprint density at radius 3 is 2.75 bits per heavy atom. The van der Waals surface area contributed by atoms with Gasteiger partial charge in [0.25, 0.3) is 0 Å². The van der Waals surface area contributed by atoms with Crippen LogP contribution in [0.3, 0.4) is 0 Å². The van der Waals surface area contributed by atoms with Gasteiger partial charge >= 0.3 is 5.97 Å². The van der Waals surface area contributed by atoms with E-state index in [0.29, 0.717) is 39.0 Å². The molecule has 0 unspecified atom stereocenters. The summed E-state index contributed by atoms with van der Waals surface area (Å²) >= 11 is 0. The van der Waals surface area contributed by atoms with E-state index in [9.17, 15) is 15.0 Å². The lowest BCUT2D eigenvalue weighted by molar-refractivity contribution is 0.0534. The predicted octanol–water partition coefficient (Wildman–Crippen LogP) is 2.99. The molecule has 0 saturated carbocycles. The van der Waals surface area contributed by atoms with Crippen LogP contribution in [0.5, 0.6) is 17.2 Å². The molecule has 6 heteroatoms. The van der Waals surface area contributed by atoms with Crippen molar-refractivity contribution in [3.63, 3.8) is 0 Å². The summed E-state index contributed by atoms with van der Waals surface area (Å²) in [5.74, 6) is -0.0308. The van der Waals surface area contributed by atoms with E-state index in [1.807, 2.05) is 0 Å². The van der Waals surface area contributed by atoms with Crippen LogP contribution in [0, 0.1) is 0 Å². The number of pyridine rings is 1. The Hall–Kier alpha value is -3.28. The molecule has 120 valence electrons. The zero-order valence-electron chi connectivity index (χ0n) is 12.7. The number of carbonyl (C=O) groups excluding carboxylic acids is 1. The molecule has 0 bridgehead atoms. The number of phenols is 2. The van der Waals surface area contributed by atoms with Crippen LogP contribution in [0.2, 0.25) is 0 Å². The van der Waals surface area contributed by atoms with Crippen molar-refractivity contribution >= 4 is 16.9 Å². The van der Waals surface area contributed by atoms with Crippen molar-refractivity contribution < 1.29 is 24.5 Å². The largest absolute Gasteiger partial charge is 0.508 e. The highest BCUT2D eigenvalue weighted by atomic mass is 16.5. The average Bonchev–Trinajstić information content (AvgIpc) is 2.94.